The van der Waals surface area contributed by atoms with Crippen molar-refractivity contribution < 1.29 is 9.47 Å². The Hall–Kier alpha value is -2.64. The molecule has 138 valence electrons. The summed E-state index contributed by atoms with van der Waals surface area (Å²) in [6.45, 7) is 2.16. The Morgan fingerprint density at radius 3 is 2.41 bits per heavy atom. The predicted octanol–water partition coefficient (Wildman–Crippen LogP) is 5.74. The van der Waals surface area contributed by atoms with Gasteiger partial charge in [-0.3, -0.25) is 0 Å². The van der Waals surface area contributed by atoms with E-state index in [1.54, 1.807) is 36.9 Å². The van der Waals surface area contributed by atoms with Gasteiger partial charge < -0.3 is 14.8 Å². The summed E-state index contributed by atoms with van der Waals surface area (Å²) in [4.78, 5) is 9.33. The van der Waals surface area contributed by atoms with Crippen molar-refractivity contribution in [1.29, 1.82) is 0 Å². The zero-order valence-corrected chi connectivity index (χ0v) is 16.9. The molecule has 2 aromatic heterocycles. The van der Waals surface area contributed by atoms with Crippen LogP contribution in [0.5, 0.6) is 11.5 Å². The lowest BCUT2D eigenvalue weighted by Crippen LogP contribution is -1.90. The van der Waals surface area contributed by atoms with Crippen LogP contribution in [-0.2, 0) is 6.42 Å². The van der Waals surface area contributed by atoms with Gasteiger partial charge in [0.1, 0.15) is 0 Å². The van der Waals surface area contributed by atoms with Crippen LogP contribution in [0, 0.1) is 0 Å². The van der Waals surface area contributed by atoms with Gasteiger partial charge in [0, 0.05) is 23.1 Å². The van der Waals surface area contributed by atoms with E-state index >= 15 is 0 Å². The van der Waals surface area contributed by atoms with Crippen molar-refractivity contribution in [3.05, 3.63) is 47.3 Å². The molecule has 1 N–H and O–H groups in total. The smallest absolute Gasteiger partial charge is 0.190 e. The highest BCUT2D eigenvalue weighted by Crippen LogP contribution is 2.37. The van der Waals surface area contributed by atoms with E-state index in [0.29, 0.717) is 11.5 Å². The summed E-state index contributed by atoms with van der Waals surface area (Å²) in [5.41, 5.74) is 4.28. The molecule has 0 aliphatic carbocycles. The van der Waals surface area contributed by atoms with Crippen LogP contribution >= 0.6 is 22.7 Å². The van der Waals surface area contributed by atoms with Crippen molar-refractivity contribution in [2.75, 3.05) is 19.5 Å². The third-order valence-corrected chi connectivity index (χ3v) is 5.96. The third kappa shape index (κ3) is 3.61. The first-order valence-corrected chi connectivity index (χ1v) is 10.2. The van der Waals surface area contributed by atoms with Crippen molar-refractivity contribution in [2.24, 2.45) is 0 Å². The van der Waals surface area contributed by atoms with Crippen molar-refractivity contribution in [3.8, 4) is 22.8 Å². The summed E-state index contributed by atoms with van der Waals surface area (Å²) in [5.74, 6) is 1.38. The molecule has 0 spiro atoms. The minimum atomic E-state index is 0.675. The number of thiazole rings is 2. The largest absolute Gasteiger partial charge is 0.493 e. The summed E-state index contributed by atoms with van der Waals surface area (Å²) in [6.07, 6.45) is 1.04. The van der Waals surface area contributed by atoms with Gasteiger partial charge in [0.05, 0.1) is 30.1 Å². The zero-order valence-electron chi connectivity index (χ0n) is 15.3. The number of aromatic nitrogens is 2. The van der Waals surface area contributed by atoms with Gasteiger partial charge in [-0.25, -0.2) is 9.97 Å². The van der Waals surface area contributed by atoms with Gasteiger partial charge >= 0.3 is 0 Å². The molecule has 2 heterocycles. The Labute approximate surface area is 165 Å². The molecule has 0 atom stereocenters. The number of fused-ring (bicyclic) bond motifs is 1. The minimum absolute atomic E-state index is 0.675. The second-order valence-corrected chi connectivity index (χ2v) is 7.80. The first-order valence-electron chi connectivity index (χ1n) is 8.54. The average Bonchev–Trinajstić information content (AvgIpc) is 3.33. The van der Waals surface area contributed by atoms with Gasteiger partial charge in [-0.2, -0.15) is 0 Å². The van der Waals surface area contributed by atoms with Crippen molar-refractivity contribution in [2.45, 2.75) is 13.3 Å². The third-order valence-electron chi connectivity index (χ3n) is 4.27. The Morgan fingerprint density at radius 2 is 1.70 bits per heavy atom. The van der Waals surface area contributed by atoms with E-state index in [4.69, 9.17) is 14.5 Å². The summed E-state index contributed by atoms with van der Waals surface area (Å²) in [5, 5.41) is 6.99. The van der Waals surface area contributed by atoms with Crippen LogP contribution in [-0.4, -0.2) is 24.2 Å². The molecule has 0 fully saturated rings. The van der Waals surface area contributed by atoms with E-state index in [-0.39, 0.29) is 0 Å². The lowest BCUT2D eigenvalue weighted by Gasteiger charge is -2.05. The Bertz CT molecular complexity index is 1030. The molecular weight excluding hydrogens is 378 g/mol. The maximum absolute atomic E-state index is 5.36. The Balaban J connectivity index is 1.58. The first-order chi connectivity index (χ1) is 13.2. The fraction of sp³-hybridized carbons (Fsp3) is 0.200. The van der Waals surface area contributed by atoms with Crippen LogP contribution in [0.15, 0.2) is 41.8 Å². The Kier molecular flexibility index (Phi) is 4.96. The van der Waals surface area contributed by atoms with Crippen LogP contribution in [0.3, 0.4) is 0 Å². The number of rotatable bonds is 6. The fourth-order valence-electron chi connectivity index (χ4n) is 2.77. The van der Waals surface area contributed by atoms with Crippen molar-refractivity contribution >= 4 is 43.2 Å². The average molecular weight is 398 g/mol. The monoisotopic (exact) mass is 397 g/mol. The molecule has 0 saturated heterocycles. The van der Waals surface area contributed by atoms with E-state index in [1.165, 1.54) is 5.56 Å². The number of anilines is 2. The van der Waals surface area contributed by atoms with Crippen molar-refractivity contribution in [3.63, 3.8) is 0 Å². The zero-order chi connectivity index (χ0) is 18.8. The van der Waals surface area contributed by atoms with Crippen LogP contribution in [0.1, 0.15) is 12.5 Å². The van der Waals surface area contributed by atoms with Gasteiger partial charge in [0.25, 0.3) is 0 Å². The normalized spacial score (nSPS) is 10.9. The standard InChI is InChI=1S/C20H19N3O2S2/c1-4-12-5-7-13(8-6-12)15-11-26-19(22-15)23-20-21-14-9-16(24-2)17(25-3)10-18(14)27-20/h5-11H,4H2,1-3H3,(H,21,22,23). The molecule has 0 radical (unpaired) electrons. The molecule has 27 heavy (non-hydrogen) atoms. The molecule has 4 aromatic rings. The first kappa shape index (κ1) is 17.8. The number of nitrogens with one attached hydrogen (secondary N) is 1. The van der Waals surface area contributed by atoms with Gasteiger partial charge in [-0.15, -0.1) is 11.3 Å². The number of aryl methyl sites for hydroxylation is 1. The van der Waals surface area contributed by atoms with Gasteiger partial charge in [-0.1, -0.05) is 42.5 Å². The molecule has 7 heteroatoms. The van der Waals surface area contributed by atoms with E-state index < -0.39 is 0 Å². The number of hydrogen-bond acceptors (Lipinski definition) is 7. The topological polar surface area (TPSA) is 56.3 Å². The van der Waals surface area contributed by atoms with E-state index in [0.717, 1.165) is 38.2 Å². The van der Waals surface area contributed by atoms with Crippen LogP contribution in [0.4, 0.5) is 10.3 Å². The Morgan fingerprint density at radius 1 is 0.963 bits per heavy atom. The van der Waals surface area contributed by atoms with Crippen LogP contribution < -0.4 is 14.8 Å². The lowest BCUT2D eigenvalue weighted by molar-refractivity contribution is 0.356. The predicted molar refractivity (Wildman–Crippen MR) is 113 cm³/mol. The number of benzene rings is 2. The second-order valence-electron chi connectivity index (χ2n) is 5.91. The lowest BCUT2D eigenvalue weighted by atomic mass is 10.1. The van der Waals surface area contributed by atoms with Crippen LogP contribution in [0.2, 0.25) is 0 Å². The fourth-order valence-corrected chi connectivity index (χ4v) is 4.43. The SMILES string of the molecule is CCc1ccc(-c2csc(Nc3nc4cc(OC)c(OC)cc4s3)n2)cc1. The maximum atomic E-state index is 5.36. The number of methoxy groups -OCH3 is 2. The van der Waals surface area contributed by atoms with Gasteiger partial charge in [0.2, 0.25) is 0 Å². The molecule has 0 unspecified atom stereocenters. The highest BCUT2D eigenvalue weighted by molar-refractivity contribution is 7.22. The molecule has 0 aliphatic rings. The molecule has 0 aliphatic heterocycles. The van der Waals surface area contributed by atoms with Crippen LogP contribution in [0.25, 0.3) is 21.5 Å². The summed E-state index contributed by atoms with van der Waals surface area (Å²) in [6, 6.07) is 12.4. The molecule has 0 saturated carbocycles. The highest BCUT2D eigenvalue weighted by atomic mass is 32.1. The van der Waals surface area contributed by atoms with E-state index in [2.05, 4.69) is 46.9 Å². The van der Waals surface area contributed by atoms with Gasteiger partial charge in [0.15, 0.2) is 21.8 Å². The summed E-state index contributed by atoms with van der Waals surface area (Å²) >= 11 is 3.13. The molecule has 0 amide bonds. The maximum Gasteiger partial charge on any atom is 0.190 e. The molecule has 4 rings (SSSR count). The number of nitrogens with zero attached hydrogens (tertiary/aromatic N) is 2. The second kappa shape index (κ2) is 7.54. The minimum Gasteiger partial charge on any atom is -0.493 e. The van der Waals surface area contributed by atoms with Crippen molar-refractivity contribution in [1.82, 2.24) is 9.97 Å². The summed E-state index contributed by atoms with van der Waals surface area (Å²) < 4.78 is 11.7. The quantitative estimate of drug-likeness (QED) is 0.449. The highest BCUT2D eigenvalue weighted by Gasteiger charge is 2.12. The van der Waals surface area contributed by atoms with E-state index in [9.17, 15) is 0 Å². The number of ether oxygens (including phenoxy) is 2. The molecule has 2 aromatic carbocycles. The van der Waals surface area contributed by atoms with Gasteiger partial charge in [-0.05, 0) is 12.0 Å². The molecular formula is C20H19N3O2S2. The summed E-state index contributed by atoms with van der Waals surface area (Å²) in [7, 11) is 3.26. The number of hydrogen-bond donors (Lipinski definition) is 1. The molecule has 5 nitrogen and oxygen atoms in total. The van der Waals surface area contributed by atoms with E-state index in [1.807, 2.05) is 12.1 Å². The molecule has 0 bridgehead atoms.